The molecule has 0 radical (unpaired) electrons. The highest BCUT2D eigenvalue weighted by atomic mass is 35.5. The van der Waals surface area contributed by atoms with Crippen LogP contribution >= 0.6 is 11.6 Å². The van der Waals surface area contributed by atoms with E-state index in [0.29, 0.717) is 54.9 Å². The summed E-state index contributed by atoms with van der Waals surface area (Å²) in [5.74, 6) is 0.421. The lowest BCUT2D eigenvalue weighted by Gasteiger charge is -2.26. The van der Waals surface area contributed by atoms with E-state index in [2.05, 4.69) is 5.32 Å². The standard InChI is InChI=1S/C24H23ClN2O5S/c25-20-5-9-22(10-6-20)32-17-18-1-3-19(4-2-18)24(28)26-21-7-11-23(12-8-21)33(29,30)27-13-15-31-16-14-27/h1-12H,13-17H2,(H,26,28). The topological polar surface area (TPSA) is 84.9 Å². The van der Waals surface area contributed by atoms with E-state index in [1.807, 2.05) is 12.1 Å². The van der Waals surface area contributed by atoms with Gasteiger partial charge in [0, 0.05) is 29.4 Å². The molecule has 0 spiro atoms. The highest BCUT2D eigenvalue weighted by Crippen LogP contribution is 2.20. The molecule has 1 saturated heterocycles. The Morgan fingerprint density at radius 1 is 0.939 bits per heavy atom. The Morgan fingerprint density at radius 2 is 1.58 bits per heavy atom. The summed E-state index contributed by atoms with van der Waals surface area (Å²) in [5, 5.41) is 3.43. The molecule has 1 aliphatic heterocycles. The highest BCUT2D eigenvalue weighted by Gasteiger charge is 2.26. The van der Waals surface area contributed by atoms with Crippen LogP contribution in [0.5, 0.6) is 5.75 Å². The van der Waals surface area contributed by atoms with Gasteiger partial charge in [0.2, 0.25) is 10.0 Å². The molecule has 1 fully saturated rings. The third kappa shape index (κ3) is 5.91. The maximum Gasteiger partial charge on any atom is 0.255 e. The van der Waals surface area contributed by atoms with Gasteiger partial charge in [0.15, 0.2) is 0 Å². The van der Waals surface area contributed by atoms with Gasteiger partial charge in [0.05, 0.1) is 18.1 Å². The number of hydrogen-bond donors (Lipinski definition) is 1. The lowest BCUT2D eigenvalue weighted by Crippen LogP contribution is -2.40. The maximum atomic E-state index is 12.7. The van der Waals surface area contributed by atoms with Crippen LogP contribution in [-0.2, 0) is 21.4 Å². The Morgan fingerprint density at radius 3 is 2.21 bits per heavy atom. The Hall–Kier alpha value is -2.91. The van der Waals surface area contributed by atoms with Crippen molar-refractivity contribution in [1.82, 2.24) is 4.31 Å². The van der Waals surface area contributed by atoms with Crippen LogP contribution in [0.1, 0.15) is 15.9 Å². The average molecular weight is 487 g/mol. The summed E-state index contributed by atoms with van der Waals surface area (Å²) in [6.45, 7) is 1.81. The number of halogens is 1. The quantitative estimate of drug-likeness (QED) is 0.541. The van der Waals surface area contributed by atoms with Gasteiger partial charge in [-0.2, -0.15) is 4.31 Å². The van der Waals surface area contributed by atoms with Crippen LogP contribution in [0.3, 0.4) is 0 Å². The molecular weight excluding hydrogens is 464 g/mol. The van der Waals surface area contributed by atoms with E-state index in [-0.39, 0.29) is 10.8 Å². The summed E-state index contributed by atoms with van der Waals surface area (Å²) < 4.78 is 37.7. The Kier molecular flexibility index (Phi) is 7.29. The van der Waals surface area contributed by atoms with Crippen LogP contribution in [0.15, 0.2) is 77.7 Å². The zero-order chi connectivity index (χ0) is 23.3. The van der Waals surface area contributed by atoms with E-state index >= 15 is 0 Å². The van der Waals surface area contributed by atoms with E-state index in [9.17, 15) is 13.2 Å². The van der Waals surface area contributed by atoms with E-state index in [1.54, 1.807) is 48.5 Å². The third-order valence-corrected chi connectivity index (χ3v) is 7.32. The van der Waals surface area contributed by atoms with Crippen molar-refractivity contribution in [3.63, 3.8) is 0 Å². The fourth-order valence-corrected chi connectivity index (χ4v) is 4.83. The molecule has 3 aromatic carbocycles. The Balaban J connectivity index is 1.34. The normalized spacial score (nSPS) is 14.6. The minimum absolute atomic E-state index is 0.187. The SMILES string of the molecule is O=C(Nc1ccc(S(=O)(=O)N2CCOCC2)cc1)c1ccc(COc2ccc(Cl)cc2)cc1. The van der Waals surface area contributed by atoms with E-state index in [1.165, 1.54) is 16.4 Å². The molecule has 1 amide bonds. The third-order valence-electron chi connectivity index (χ3n) is 5.16. The molecule has 0 bridgehead atoms. The number of hydrogen-bond acceptors (Lipinski definition) is 5. The first-order valence-electron chi connectivity index (χ1n) is 10.4. The summed E-state index contributed by atoms with van der Waals surface area (Å²) >= 11 is 5.87. The van der Waals surface area contributed by atoms with Gasteiger partial charge in [-0.25, -0.2) is 8.42 Å². The summed E-state index contributed by atoms with van der Waals surface area (Å²) in [6, 6.07) is 20.3. The average Bonchev–Trinajstić information content (AvgIpc) is 2.85. The van der Waals surface area contributed by atoms with Gasteiger partial charge in [0.1, 0.15) is 12.4 Å². The van der Waals surface area contributed by atoms with Crippen LogP contribution < -0.4 is 10.1 Å². The number of morpholine rings is 1. The van der Waals surface area contributed by atoms with Crippen molar-refractivity contribution in [1.29, 1.82) is 0 Å². The Labute approximate surface area is 197 Å². The number of benzene rings is 3. The molecule has 33 heavy (non-hydrogen) atoms. The van der Waals surface area contributed by atoms with Gasteiger partial charge in [-0.3, -0.25) is 4.79 Å². The molecule has 4 rings (SSSR count). The molecule has 172 valence electrons. The molecule has 0 unspecified atom stereocenters. The lowest BCUT2D eigenvalue weighted by molar-refractivity contribution is 0.0730. The minimum Gasteiger partial charge on any atom is -0.489 e. The number of anilines is 1. The van der Waals surface area contributed by atoms with Crippen molar-refractivity contribution in [2.45, 2.75) is 11.5 Å². The van der Waals surface area contributed by atoms with Crippen molar-refractivity contribution in [3.05, 3.63) is 88.9 Å². The first-order valence-corrected chi connectivity index (χ1v) is 12.2. The summed E-state index contributed by atoms with van der Waals surface area (Å²) in [4.78, 5) is 12.8. The second kappa shape index (κ2) is 10.4. The van der Waals surface area contributed by atoms with Gasteiger partial charge >= 0.3 is 0 Å². The number of nitrogens with zero attached hydrogens (tertiary/aromatic N) is 1. The largest absolute Gasteiger partial charge is 0.489 e. The fraction of sp³-hybridized carbons (Fsp3) is 0.208. The number of sulfonamides is 1. The first kappa shape index (κ1) is 23.3. The van der Waals surface area contributed by atoms with Crippen LogP contribution in [-0.4, -0.2) is 44.9 Å². The first-order chi connectivity index (χ1) is 15.9. The summed E-state index contributed by atoms with van der Waals surface area (Å²) in [7, 11) is -3.57. The molecule has 7 nitrogen and oxygen atoms in total. The van der Waals surface area contributed by atoms with Crippen LogP contribution in [0.2, 0.25) is 5.02 Å². The van der Waals surface area contributed by atoms with Crippen molar-refractivity contribution in [2.75, 3.05) is 31.6 Å². The van der Waals surface area contributed by atoms with E-state index < -0.39 is 10.0 Å². The van der Waals surface area contributed by atoms with E-state index in [4.69, 9.17) is 21.1 Å². The van der Waals surface area contributed by atoms with Crippen molar-refractivity contribution in [3.8, 4) is 5.75 Å². The summed E-state index contributed by atoms with van der Waals surface area (Å²) in [6.07, 6.45) is 0. The fourth-order valence-electron chi connectivity index (χ4n) is 3.30. The minimum atomic E-state index is -3.57. The number of ether oxygens (including phenoxy) is 2. The second-order valence-corrected chi connectivity index (χ2v) is 9.81. The molecule has 1 N–H and O–H groups in total. The van der Waals surface area contributed by atoms with Crippen molar-refractivity contribution >= 4 is 33.2 Å². The number of carbonyl (C=O) groups is 1. The Bertz CT molecular complexity index is 1190. The maximum absolute atomic E-state index is 12.7. The van der Waals surface area contributed by atoms with Gasteiger partial charge < -0.3 is 14.8 Å². The van der Waals surface area contributed by atoms with Crippen LogP contribution in [0, 0.1) is 0 Å². The van der Waals surface area contributed by atoms with E-state index in [0.717, 1.165) is 5.56 Å². The van der Waals surface area contributed by atoms with Crippen molar-refractivity contribution < 1.29 is 22.7 Å². The summed E-state index contributed by atoms with van der Waals surface area (Å²) in [5.41, 5.74) is 1.91. The monoisotopic (exact) mass is 486 g/mol. The number of carbonyl (C=O) groups excluding carboxylic acids is 1. The molecular formula is C24H23ClN2O5S. The number of rotatable bonds is 7. The molecule has 0 aromatic heterocycles. The number of amides is 1. The molecule has 3 aromatic rings. The predicted molar refractivity (Wildman–Crippen MR) is 126 cm³/mol. The van der Waals surface area contributed by atoms with Gasteiger partial charge in [-0.1, -0.05) is 23.7 Å². The smallest absolute Gasteiger partial charge is 0.255 e. The van der Waals surface area contributed by atoms with Gasteiger partial charge in [0.25, 0.3) is 5.91 Å². The van der Waals surface area contributed by atoms with Crippen LogP contribution in [0.4, 0.5) is 5.69 Å². The zero-order valence-corrected chi connectivity index (χ0v) is 19.3. The molecule has 0 aliphatic carbocycles. The molecule has 1 aliphatic rings. The second-order valence-electron chi connectivity index (χ2n) is 7.43. The van der Waals surface area contributed by atoms with Gasteiger partial charge in [-0.15, -0.1) is 0 Å². The highest BCUT2D eigenvalue weighted by molar-refractivity contribution is 7.89. The molecule has 0 saturated carbocycles. The lowest BCUT2D eigenvalue weighted by atomic mass is 10.1. The molecule has 9 heteroatoms. The molecule has 1 heterocycles. The zero-order valence-electron chi connectivity index (χ0n) is 17.7. The predicted octanol–water partition coefficient (Wildman–Crippen LogP) is 4.19. The number of nitrogens with one attached hydrogen (secondary N) is 1. The van der Waals surface area contributed by atoms with Crippen LogP contribution in [0.25, 0.3) is 0 Å². The van der Waals surface area contributed by atoms with Gasteiger partial charge in [-0.05, 0) is 66.2 Å². The molecule has 0 atom stereocenters. The van der Waals surface area contributed by atoms with Crippen molar-refractivity contribution in [2.24, 2.45) is 0 Å².